The predicted octanol–water partition coefficient (Wildman–Crippen LogP) is 2.01. The minimum Gasteiger partial charge on any atom is -0.491 e. The lowest BCUT2D eigenvalue weighted by Gasteiger charge is -2.24. The van der Waals surface area contributed by atoms with E-state index in [1.54, 1.807) is 0 Å². The first kappa shape index (κ1) is 15.0. The lowest BCUT2D eigenvalue weighted by Crippen LogP contribution is -2.35. The molecule has 23 heavy (non-hydrogen) atoms. The molecule has 1 fully saturated rings. The first-order valence-corrected chi connectivity index (χ1v) is 7.36. The fraction of sp³-hybridized carbons (Fsp3) is 0.333. The fourth-order valence-electron chi connectivity index (χ4n) is 2.64. The van der Waals surface area contributed by atoms with Crippen LogP contribution in [0.25, 0.3) is 0 Å². The van der Waals surface area contributed by atoms with Gasteiger partial charge in [0.05, 0.1) is 11.0 Å². The maximum absolute atomic E-state index is 10.8. The number of hydrogen-bond donors (Lipinski definition) is 1. The van der Waals surface area contributed by atoms with E-state index in [1.807, 2.05) is 35.2 Å². The number of para-hydroxylation sites is 1. The van der Waals surface area contributed by atoms with Gasteiger partial charge in [0, 0.05) is 6.54 Å². The number of aromatic nitrogens is 2. The Hall–Kier alpha value is -2.90. The second-order valence-electron chi connectivity index (χ2n) is 5.31. The molecule has 0 unspecified atom stereocenters. The van der Waals surface area contributed by atoms with Crippen molar-refractivity contribution in [3.05, 3.63) is 46.6 Å². The Balaban J connectivity index is 1.71. The second kappa shape index (κ2) is 6.47. The summed E-state index contributed by atoms with van der Waals surface area (Å²) in [5.41, 5.74) is 5.38. The van der Waals surface area contributed by atoms with Gasteiger partial charge < -0.3 is 15.4 Å². The van der Waals surface area contributed by atoms with Crippen LogP contribution in [0.15, 0.2) is 36.5 Å². The topological polar surface area (TPSA) is 107 Å². The van der Waals surface area contributed by atoms with Crippen molar-refractivity contribution in [3.8, 4) is 5.75 Å². The third kappa shape index (κ3) is 3.31. The molecule has 3 rings (SSSR count). The first-order chi connectivity index (χ1) is 11.1. The number of nitrogens with zero attached hydrogens (tertiary/aromatic N) is 4. The third-order valence-electron chi connectivity index (χ3n) is 3.80. The summed E-state index contributed by atoms with van der Waals surface area (Å²) in [4.78, 5) is 20.4. The molecule has 8 nitrogen and oxygen atoms in total. The Bertz CT molecular complexity index is 695. The van der Waals surface area contributed by atoms with Gasteiger partial charge in [-0.05, 0) is 25.0 Å². The highest BCUT2D eigenvalue weighted by molar-refractivity contribution is 5.54. The summed E-state index contributed by atoms with van der Waals surface area (Å²) >= 11 is 0. The molecule has 0 bridgehead atoms. The van der Waals surface area contributed by atoms with Crippen LogP contribution in [0.3, 0.4) is 0 Å². The van der Waals surface area contributed by atoms with E-state index in [9.17, 15) is 10.1 Å². The number of rotatable bonds is 5. The van der Waals surface area contributed by atoms with E-state index >= 15 is 0 Å². The summed E-state index contributed by atoms with van der Waals surface area (Å²) in [7, 11) is 0. The molecule has 2 N–H and O–H groups in total. The Labute approximate surface area is 133 Å². The normalized spacial score (nSPS) is 17.2. The standard InChI is InChI=1S/C15H17N5O3/c16-14-13(20(21)22)9-17-15(18-14)19-8-4-5-11(19)10-23-12-6-2-1-3-7-12/h1-3,6-7,9,11H,4-5,8,10H2,(H2,16,17,18)/t11-/m1/s1. The van der Waals surface area contributed by atoms with E-state index in [0.29, 0.717) is 12.6 Å². The van der Waals surface area contributed by atoms with Gasteiger partial charge in [0.2, 0.25) is 11.8 Å². The molecule has 1 aliphatic heterocycles. The quantitative estimate of drug-likeness (QED) is 0.664. The molecule has 8 heteroatoms. The van der Waals surface area contributed by atoms with Crippen LogP contribution in [0.1, 0.15) is 12.8 Å². The van der Waals surface area contributed by atoms with Crippen molar-refractivity contribution in [2.24, 2.45) is 0 Å². The van der Waals surface area contributed by atoms with Gasteiger partial charge in [0.15, 0.2) is 0 Å². The maximum atomic E-state index is 10.8. The lowest BCUT2D eigenvalue weighted by atomic mass is 10.2. The van der Waals surface area contributed by atoms with Crippen LogP contribution >= 0.6 is 0 Å². The van der Waals surface area contributed by atoms with Crippen molar-refractivity contribution in [1.29, 1.82) is 0 Å². The zero-order chi connectivity index (χ0) is 16.2. The molecule has 1 aliphatic rings. The molecule has 0 aliphatic carbocycles. The number of hydrogen-bond acceptors (Lipinski definition) is 7. The molecule has 1 atom stereocenters. The van der Waals surface area contributed by atoms with E-state index in [-0.39, 0.29) is 17.5 Å². The highest BCUT2D eigenvalue weighted by atomic mass is 16.6. The van der Waals surface area contributed by atoms with Gasteiger partial charge in [-0.15, -0.1) is 0 Å². The van der Waals surface area contributed by atoms with Crippen molar-refractivity contribution < 1.29 is 9.66 Å². The first-order valence-electron chi connectivity index (χ1n) is 7.36. The van der Waals surface area contributed by atoms with Crippen molar-refractivity contribution in [2.75, 3.05) is 23.8 Å². The van der Waals surface area contributed by atoms with Crippen molar-refractivity contribution in [2.45, 2.75) is 18.9 Å². The number of ether oxygens (including phenoxy) is 1. The van der Waals surface area contributed by atoms with Gasteiger partial charge in [-0.1, -0.05) is 18.2 Å². The molecular weight excluding hydrogens is 298 g/mol. The van der Waals surface area contributed by atoms with Gasteiger partial charge in [-0.2, -0.15) is 4.98 Å². The zero-order valence-electron chi connectivity index (χ0n) is 12.5. The Morgan fingerprint density at radius 3 is 2.87 bits per heavy atom. The van der Waals surface area contributed by atoms with Crippen molar-refractivity contribution in [3.63, 3.8) is 0 Å². The van der Waals surface area contributed by atoms with Gasteiger partial charge in [0.1, 0.15) is 18.6 Å². The number of nitro groups is 1. The molecule has 1 aromatic carbocycles. The summed E-state index contributed by atoms with van der Waals surface area (Å²) in [5.74, 6) is 1.10. The van der Waals surface area contributed by atoms with Crippen LogP contribution in [0, 0.1) is 10.1 Å². The van der Waals surface area contributed by atoms with E-state index in [1.165, 1.54) is 0 Å². The summed E-state index contributed by atoms with van der Waals surface area (Å²) in [6.07, 6.45) is 3.10. The number of anilines is 2. The average molecular weight is 315 g/mol. The average Bonchev–Trinajstić information content (AvgIpc) is 3.02. The molecular formula is C15H17N5O3. The summed E-state index contributed by atoms with van der Waals surface area (Å²) in [5, 5.41) is 10.8. The van der Waals surface area contributed by atoms with Crippen LogP contribution in [0.2, 0.25) is 0 Å². The van der Waals surface area contributed by atoms with Crippen molar-refractivity contribution in [1.82, 2.24) is 9.97 Å². The summed E-state index contributed by atoms with van der Waals surface area (Å²) in [6, 6.07) is 9.70. The molecule has 2 heterocycles. The smallest absolute Gasteiger partial charge is 0.329 e. The van der Waals surface area contributed by atoms with Crippen LogP contribution in [-0.4, -0.2) is 34.1 Å². The molecule has 0 radical (unpaired) electrons. The monoisotopic (exact) mass is 315 g/mol. The van der Waals surface area contributed by atoms with E-state index in [2.05, 4.69) is 9.97 Å². The van der Waals surface area contributed by atoms with Crippen LogP contribution in [0.4, 0.5) is 17.5 Å². The molecule has 2 aromatic rings. The van der Waals surface area contributed by atoms with E-state index < -0.39 is 4.92 Å². The number of benzene rings is 1. The summed E-state index contributed by atoms with van der Waals surface area (Å²) < 4.78 is 5.80. The minimum absolute atomic E-state index is 0.116. The second-order valence-corrected chi connectivity index (χ2v) is 5.31. The lowest BCUT2D eigenvalue weighted by molar-refractivity contribution is -0.384. The van der Waals surface area contributed by atoms with Crippen molar-refractivity contribution >= 4 is 17.5 Å². The highest BCUT2D eigenvalue weighted by Crippen LogP contribution is 2.26. The third-order valence-corrected chi connectivity index (χ3v) is 3.80. The molecule has 0 spiro atoms. The number of nitrogen functional groups attached to an aromatic ring is 1. The largest absolute Gasteiger partial charge is 0.491 e. The van der Waals surface area contributed by atoms with Crippen LogP contribution < -0.4 is 15.4 Å². The highest BCUT2D eigenvalue weighted by Gasteiger charge is 2.28. The van der Waals surface area contributed by atoms with Gasteiger partial charge in [-0.25, -0.2) is 4.98 Å². The van der Waals surface area contributed by atoms with E-state index in [4.69, 9.17) is 10.5 Å². The van der Waals surface area contributed by atoms with Crippen LogP contribution in [-0.2, 0) is 0 Å². The zero-order valence-corrected chi connectivity index (χ0v) is 12.5. The molecule has 0 amide bonds. The molecule has 0 saturated carbocycles. The Morgan fingerprint density at radius 1 is 1.39 bits per heavy atom. The minimum atomic E-state index is -0.584. The van der Waals surface area contributed by atoms with E-state index in [0.717, 1.165) is 31.3 Å². The van der Waals surface area contributed by atoms with Crippen LogP contribution in [0.5, 0.6) is 5.75 Å². The summed E-state index contributed by atoms with van der Waals surface area (Å²) in [6.45, 7) is 1.28. The van der Waals surface area contributed by atoms with Gasteiger partial charge in [-0.3, -0.25) is 10.1 Å². The predicted molar refractivity (Wildman–Crippen MR) is 85.4 cm³/mol. The SMILES string of the molecule is Nc1nc(N2CCC[C@@H]2COc2ccccc2)ncc1[N+](=O)[O-]. The Kier molecular flexibility index (Phi) is 4.22. The molecule has 1 aromatic heterocycles. The van der Waals surface area contributed by atoms with Gasteiger partial charge in [0.25, 0.3) is 0 Å². The maximum Gasteiger partial charge on any atom is 0.329 e. The molecule has 1 saturated heterocycles. The number of nitrogens with two attached hydrogens (primary N) is 1. The fourth-order valence-corrected chi connectivity index (χ4v) is 2.64. The molecule has 120 valence electrons. The van der Waals surface area contributed by atoms with Gasteiger partial charge >= 0.3 is 5.69 Å². The Morgan fingerprint density at radius 2 is 2.17 bits per heavy atom.